The van der Waals surface area contributed by atoms with E-state index in [-0.39, 0.29) is 30.3 Å². The number of nitrogens with one attached hydrogen (secondary N) is 1. The molecule has 2 saturated heterocycles. The second-order valence-corrected chi connectivity index (χ2v) is 5.75. The molecule has 23 heavy (non-hydrogen) atoms. The molecule has 2 aliphatic rings. The maximum Gasteiger partial charge on any atom is 0.253 e. The van der Waals surface area contributed by atoms with Crippen LogP contribution in [0.4, 0.5) is 0 Å². The molecule has 8 heteroatoms. The number of aromatic nitrogens is 1. The fourth-order valence-corrected chi connectivity index (χ4v) is 2.98. The van der Waals surface area contributed by atoms with Crippen LogP contribution in [0.1, 0.15) is 16.8 Å². The van der Waals surface area contributed by atoms with Crippen LogP contribution in [-0.2, 0) is 9.59 Å². The van der Waals surface area contributed by atoms with Crippen LogP contribution in [0, 0.1) is 0 Å². The summed E-state index contributed by atoms with van der Waals surface area (Å²) in [5, 5.41) is 2.86. The monoisotopic (exact) mass is 318 g/mol. The van der Waals surface area contributed by atoms with Crippen LogP contribution in [-0.4, -0.2) is 71.8 Å². The average Bonchev–Trinajstić information content (AvgIpc) is 2.97. The number of likely N-dealkylation sites (N-methyl/N-ethyl adjacent to an activating group) is 1. The Bertz CT molecular complexity index is 645. The number of carbonyl (C=O) groups excluding carboxylic acids is 3. The zero-order valence-corrected chi connectivity index (χ0v) is 13.0. The summed E-state index contributed by atoms with van der Waals surface area (Å²) in [4.78, 5) is 43.3. The zero-order chi connectivity index (χ0) is 16.6. The third-order valence-corrected chi connectivity index (χ3v) is 4.20. The first-order chi connectivity index (χ1) is 11.0. The third kappa shape index (κ3) is 2.84. The van der Waals surface area contributed by atoms with Gasteiger partial charge in [0.05, 0.1) is 19.2 Å². The SMILES string of the molecule is COc1ccc(C(=O)N[C@@H]2C[C@H]3C(=O)N(C)CC(=O)N3C2)cn1. The van der Waals surface area contributed by atoms with Crippen LogP contribution in [0.5, 0.6) is 5.88 Å². The predicted molar refractivity (Wildman–Crippen MR) is 79.8 cm³/mol. The van der Waals surface area contributed by atoms with E-state index in [2.05, 4.69) is 10.3 Å². The maximum atomic E-state index is 12.2. The number of hydrogen-bond acceptors (Lipinski definition) is 5. The van der Waals surface area contributed by atoms with Gasteiger partial charge in [-0.1, -0.05) is 0 Å². The van der Waals surface area contributed by atoms with Crippen molar-refractivity contribution in [2.24, 2.45) is 0 Å². The molecule has 0 spiro atoms. The summed E-state index contributed by atoms with van der Waals surface area (Å²) < 4.78 is 4.95. The Morgan fingerprint density at radius 2 is 2.17 bits per heavy atom. The van der Waals surface area contributed by atoms with E-state index < -0.39 is 6.04 Å². The molecular formula is C15H18N4O4. The van der Waals surface area contributed by atoms with E-state index in [0.717, 1.165) is 0 Å². The van der Waals surface area contributed by atoms with E-state index in [4.69, 9.17) is 4.74 Å². The Morgan fingerprint density at radius 1 is 1.39 bits per heavy atom. The summed E-state index contributed by atoms with van der Waals surface area (Å²) >= 11 is 0. The van der Waals surface area contributed by atoms with E-state index in [1.807, 2.05) is 0 Å². The molecule has 8 nitrogen and oxygen atoms in total. The average molecular weight is 318 g/mol. The van der Waals surface area contributed by atoms with Gasteiger partial charge < -0.3 is 19.9 Å². The fourth-order valence-electron chi connectivity index (χ4n) is 2.98. The lowest BCUT2D eigenvalue weighted by molar-refractivity contribution is -0.152. The molecule has 2 aliphatic heterocycles. The Labute approximate surface area is 133 Å². The highest BCUT2D eigenvalue weighted by Gasteiger charge is 2.44. The summed E-state index contributed by atoms with van der Waals surface area (Å²) in [6, 6.07) is 2.51. The van der Waals surface area contributed by atoms with Gasteiger partial charge in [-0.05, 0) is 12.5 Å². The number of hydrogen-bond donors (Lipinski definition) is 1. The smallest absolute Gasteiger partial charge is 0.253 e. The van der Waals surface area contributed by atoms with Crippen LogP contribution < -0.4 is 10.1 Å². The number of piperazine rings is 1. The van der Waals surface area contributed by atoms with Crippen molar-refractivity contribution in [2.45, 2.75) is 18.5 Å². The minimum atomic E-state index is -0.472. The molecule has 3 rings (SSSR count). The first-order valence-electron chi connectivity index (χ1n) is 7.35. The Morgan fingerprint density at radius 3 is 2.83 bits per heavy atom. The van der Waals surface area contributed by atoms with E-state index in [1.54, 1.807) is 24.1 Å². The van der Waals surface area contributed by atoms with Crippen LogP contribution in [0.3, 0.4) is 0 Å². The van der Waals surface area contributed by atoms with Gasteiger partial charge in [-0.15, -0.1) is 0 Å². The lowest BCUT2D eigenvalue weighted by Gasteiger charge is -2.33. The topological polar surface area (TPSA) is 91.8 Å². The molecule has 0 saturated carbocycles. The number of pyridine rings is 1. The first-order valence-corrected chi connectivity index (χ1v) is 7.35. The standard InChI is InChI=1S/C15H18N4O4/c1-18-8-13(20)19-7-10(5-11(19)15(18)22)17-14(21)9-3-4-12(23-2)16-6-9/h3-4,6,10-11H,5,7-8H2,1-2H3,(H,17,21)/t10-,11+/m1/s1. The predicted octanol–water partition coefficient (Wildman–Crippen LogP) is -0.738. The molecule has 3 amide bonds. The van der Waals surface area contributed by atoms with Crippen molar-refractivity contribution in [1.29, 1.82) is 0 Å². The molecule has 0 aromatic carbocycles. The van der Waals surface area contributed by atoms with Gasteiger partial charge in [0.15, 0.2) is 0 Å². The Kier molecular flexibility index (Phi) is 3.89. The van der Waals surface area contributed by atoms with Crippen molar-refractivity contribution in [2.75, 3.05) is 27.2 Å². The largest absolute Gasteiger partial charge is 0.481 e. The lowest BCUT2D eigenvalue weighted by atomic mass is 10.1. The Balaban J connectivity index is 1.66. The lowest BCUT2D eigenvalue weighted by Crippen LogP contribution is -2.55. The van der Waals surface area contributed by atoms with Crippen LogP contribution in [0.2, 0.25) is 0 Å². The summed E-state index contributed by atoms with van der Waals surface area (Å²) in [6.45, 7) is 0.455. The zero-order valence-electron chi connectivity index (χ0n) is 13.0. The number of rotatable bonds is 3. The van der Waals surface area contributed by atoms with E-state index in [1.165, 1.54) is 18.2 Å². The number of amides is 3. The minimum absolute atomic E-state index is 0.0764. The highest BCUT2D eigenvalue weighted by molar-refractivity contribution is 5.96. The van der Waals surface area contributed by atoms with Gasteiger partial charge in [0.1, 0.15) is 6.04 Å². The summed E-state index contributed by atoms with van der Waals surface area (Å²) in [7, 11) is 3.12. The maximum absolute atomic E-state index is 12.2. The number of nitrogens with zero attached hydrogens (tertiary/aromatic N) is 3. The molecule has 2 fully saturated rings. The molecule has 0 radical (unpaired) electrons. The molecular weight excluding hydrogens is 300 g/mol. The number of fused-ring (bicyclic) bond motifs is 1. The number of methoxy groups -OCH3 is 1. The molecule has 1 N–H and O–H groups in total. The molecule has 0 unspecified atom stereocenters. The van der Waals surface area contributed by atoms with Crippen molar-refractivity contribution >= 4 is 17.7 Å². The van der Waals surface area contributed by atoms with Crippen molar-refractivity contribution in [1.82, 2.24) is 20.1 Å². The van der Waals surface area contributed by atoms with Gasteiger partial charge in [0.25, 0.3) is 5.91 Å². The van der Waals surface area contributed by atoms with Crippen LogP contribution >= 0.6 is 0 Å². The second kappa shape index (κ2) is 5.86. The quantitative estimate of drug-likeness (QED) is 0.793. The van der Waals surface area contributed by atoms with E-state index in [0.29, 0.717) is 24.4 Å². The number of carbonyl (C=O) groups is 3. The summed E-state index contributed by atoms with van der Waals surface area (Å²) in [5.41, 5.74) is 0.408. The van der Waals surface area contributed by atoms with Crippen molar-refractivity contribution < 1.29 is 19.1 Å². The van der Waals surface area contributed by atoms with Crippen LogP contribution in [0.25, 0.3) is 0 Å². The normalized spacial score (nSPS) is 23.7. The molecule has 1 aromatic rings. The van der Waals surface area contributed by atoms with Gasteiger partial charge in [-0.2, -0.15) is 0 Å². The molecule has 0 aliphatic carbocycles. The number of ether oxygens (including phenoxy) is 1. The van der Waals surface area contributed by atoms with Crippen molar-refractivity contribution in [3.63, 3.8) is 0 Å². The second-order valence-electron chi connectivity index (χ2n) is 5.75. The summed E-state index contributed by atoms with van der Waals surface area (Å²) in [5.74, 6) is -0.00976. The van der Waals surface area contributed by atoms with Gasteiger partial charge in [0.2, 0.25) is 17.7 Å². The minimum Gasteiger partial charge on any atom is -0.481 e. The Hall–Kier alpha value is -2.64. The van der Waals surface area contributed by atoms with E-state index in [9.17, 15) is 14.4 Å². The molecule has 122 valence electrons. The van der Waals surface area contributed by atoms with Crippen molar-refractivity contribution in [3.05, 3.63) is 23.9 Å². The first kappa shape index (κ1) is 15.3. The molecule has 3 heterocycles. The highest BCUT2D eigenvalue weighted by atomic mass is 16.5. The van der Waals surface area contributed by atoms with Gasteiger partial charge in [0, 0.05) is 31.9 Å². The van der Waals surface area contributed by atoms with Gasteiger partial charge in [-0.3, -0.25) is 14.4 Å². The summed E-state index contributed by atoms with van der Waals surface area (Å²) in [6.07, 6.45) is 1.87. The van der Waals surface area contributed by atoms with Crippen molar-refractivity contribution in [3.8, 4) is 5.88 Å². The molecule has 1 aromatic heterocycles. The van der Waals surface area contributed by atoms with Gasteiger partial charge in [-0.25, -0.2) is 4.98 Å². The highest BCUT2D eigenvalue weighted by Crippen LogP contribution is 2.23. The van der Waals surface area contributed by atoms with Crippen LogP contribution in [0.15, 0.2) is 18.3 Å². The fraction of sp³-hybridized carbons (Fsp3) is 0.467. The molecule has 2 atom stereocenters. The van der Waals surface area contributed by atoms with Gasteiger partial charge >= 0.3 is 0 Å². The molecule has 0 bridgehead atoms. The van der Waals surface area contributed by atoms with E-state index >= 15 is 0 Å². The third-order valence-electron chi connectivity index (χ3n) is 4.20.